The van der Waals surface area contributed by atoms with Gasteiger partial charge in [0.2, 0.25) is 0 Å². The third-order valence-electron chi connectivity index (χ3n) is 1.83. The second kappa shape index (κ2) is 3.16. The Morgan fingerprint density at radius 2 is 2.00 bits per heavy atom. The molecule has 0 amide bonds. The Morgan fingerprint density at radius 3 is 2.77 bits per heavy atom. The van der Waals surface area contributed by atoms with Crippen LogP contribution in [-0.4, -0.2) is 0 Å². The monoisotopic (exact) mass is 257 g/mol. The molecular weight excluding hydrogens is 253 g/mol. The minimum Gasteiger partial charge on any atom is -0.619 e. The van der Waals surface area contributed by atoms with Crippen molar-refractivity contribution in [2.75, 3.05) is 0 Å². The number of benzene rings is 1. The maximum atomic E-state index is 11.0. The lowest BCUT2D eigenvalue weighted by Gasteiger charge is -2.02. The van der Waals surface area contributed by atoms with Crippen molar-refractivity contribution in [3.8, 4) is 0 Å². The number of aromatic nitrogens is 1. The molecule has 0 bridgehead atoms. The van der Waals surface area contributed by atoms with Crippen LogP contribution in [0.5, 0.6) is 0 Å². The Hall–Kier alpha value is -0.800. The van der Waals surface area contributed by atoms with Gasteiger partial charge in [0.05, 0.1) is 5.39 Å². The molecule has 0 radical (unpaired) electrons. The summed E-state index contributed by atoms with van der Waals surface area (Å²) in [5, 5.41) is 13.4. The van der Waals surface area contributed by atoms with Crippen LogP contribution in [0.25, 0.3) is 10.8 Å². The fourth-order valence-corrected chi connectivity index (χ4v) is 1.88. The molecule has 0 unspecified atom stereocenters. The standard InChI is InChI=1S/C9H5BrClNO/c10-8-1-2-9(11)6-3-4-12(13)5-7(6)8/h1-5H. The van der Waals surface area contributed by atoms with E-state index in [1.54, 1.807) is 12.1 Å². The molecule has 0 saturated heterocycles. The van der Waals surface area contributed by atoms with Crippen LogP contribution in [-0.2, 0) is 0 Å². The molecule has 0 fully saturated rings. The van der Waals surface area contributed by atoms with E-state index in [2.05, 4.69) is 15.9 Å². The first-order valence-electron chi connectivity index (χ1n) is 3.65. The molecule has 2 rings (SSSR count). The molecule has 0 atom stereocenters. The number of pyridine rings is 1. The van der Waals surface area contributed by atoms with Crippen LogP contribution in [0, 0.1) is 5.21 Å². The molecule has 0 aliphatic rings. The molecule has 1 aromatic carbocycles. The number of fused-ring (bicyclic) bond motifs is 1. The van der Waals surface area contributed by atoms with Gasteiger partial charge in [0.1, 0.15) is 0 Å². The van der Waals surface area contributed by atoms with Crippen molar-refractivity contribution >= 4 is 38.3 Å². The van der Waals surface area contributed by atoms with Crippen LogP contribution in [0.1, 0.15) is 0 Å². The molecule has 0 N–H and O–H groups in total. The van der Waals surface area contributed by atoms with Gasteiger partial charge in [0.15, 0.2) is 12.4 Å². The fourth-order valence-electron chi connectivity index (χ4n) is 1.20. The summed E-state index contributed by atoms with van der Waals surface area (Å²) in [6, 6.07) is 5.32. The van der Waals surface area contributed by atoms with E-state index in [1.807, 2.05) is 6.07 Å². The fraction of sp³-hybridized carbons (Fsp3) is 0. The van der Waals surface area contributed by atoms with Gasteiger partial charge in [-0.2, -0.15) is 4.73 Å². The quantitative estimate of drug-likeness (QED) is 0.527. The second-order valence-corrected chi connectivity index (χ2v) is 3.92. The maximum absolute atomic E-state index is 11.0. The van der Waals surface area contributed by atoms with Crippen molar-refractivity contribution in [1.29, 1.82) is 0 Å². The zero-order chi connectivity index (χ0) is 9.42. The lowest BCUT2D eigenvalue weighted by atomic mass is 10.2. The summed E-state index contributed by atoms with van der Waals surface area (Å²) in [5.74, 6) is 0. The van der Waals surface area contributed by atoms with Crippen LogP contribution >= 0.6 is 27.5 Å². The van der Waals surface area contributed by atoms with Crippen LogP contribution in [0.2, 0.25) is 5.02 Å². The lowest BCUT2D eigenvalue weighted by molar-refractivity contribution is -0.603. The number of rotatable bonds is 0. The zero-order valence-electron chi connectivity index (χ0n) is 6.50. The van der Waals surface area contributed by atoms with Gasteiger partial charge in [-0.25, -0.2) is 0 Å². The molecule has 0 aliphatic carbocycles. The first-order chi connectivity index (χ1) is 6.18. The third-order valence-corrected chi connectivity index (χ3v) is 2.85. The second-order valence-electron chi connectivity index (χ2n) is 2.66. The molecule has 66 valence electrons. The van der Waals surface area contributed by atoms with E-state index in [4.69, 9.17) is 11.6 Å². The van der Waals surface area contributed by atoms with Crippen molar-refractivity contribution in [3.63, 3.8) is 0 Å². The van der Waals surface area contributed by atoms with Gasteiger partial charge in [-0.3, -0.25) is 0 Å². The molecule has 1 heterocycles. The summed E-state index contributed by atoms with van der Waals surface area (Å²) in [5.41, 5.74) is 0. The largest absolute Gasteiger partial charge is 0.619 e. The summed E-state index contributed by atoms with van der Waals surface area (Å²) >= 11 is 9.30. The molecular formula is C9H5BrClNO. The highest BCUT2D eigenvalue weighted by atomic mass is 79.9. The van der Waals surface area contributed by atoms with E-state index in [-0.39, 0.29) is 0 Å². The molecule has 4 heteroatoms. The summed E-state index contributed by atoms with van der Waals surface area (Å²) in [6.45, 7) is 0. The summed E-state index contributed by atoms with van der Waals surface area (Å²) in [7, 11) is 0. The van der Waals surface area contributed by atoms with E-state index in [0.29, 0.717) is 5.02 Å². The lowest BCUT2D eigenvalue weighted by Crippen LogP contribution is -2.23. The Kier molecular flexibility index (Phi) is 2.14. The zero-order valence-corrected chi connectivity index (χ0v) is 8.84. The van der Waals surface area contributed by atoms with Crippen molar-refractivity contribution < 1.29 is 4.73 Å². The smallest absolute Gasteiger partial charge is 0.189 e. The van der Waals surface area contributed by atoms with Crippen molar-refractivity contribution in [2.45, 2.75) is 0 Å². The van der Waals surface area contributed by atoms with Gasteiger partial charge in [-0.05, 0) is 28.1 Å². The van der Waals surface area contributed by atoms with Crippen LogP contribution in [0.3, 0.4) is 0 Å². The average molecular weight is 259 g/mol. The predicted octanol–water partition coefficient (Wildman–Crippen LogP) is 2.89. The van der Waals surface area contributed by atoms with Gasteiger partial charge >= 0.3 is 0 Å². The normalized spacial score (nSPS) is 10.6. The van der Waals surface area contributed by atoms with Gasteiger partial charge in [-0.1, -0.05) is 11.6 Å². The van der Waals surface area contributed by atoms with E-state index in [1.165, 1.54) is 12.4 Å². The molecule has 2 nitrogen and oxygen atoms in total. The Bertz CT molecular complexity index is 472. The van der Waals surface area contributed by atoms with Crippen LogP contribution in [0.4, 0.5) is 0 Å². The van der Waals surface area contributed by atoms with Gasteiger partial charge in [-0.15, -0.1) is 0 Å². The van der Waals surface area contributed by atoms with Crippen molar-refractivity contribution in [3.05, 3.63) is 45.3 Å². The average Bonchev–Trinajstić information content (AvgIpc) is 2.12. The molecule has 0 saturated carbocycles. The van der Waals surface area contributed by atoms with Gasteiger partial charge in [0.25, 0.3) is 0 Å². The van der Waals surface area contributed by atoms with Crippen LogP contribution < -0.4 is 4.73 Å². The highest BCUT2D eigenvalue weighted by Crippen LogP contribution is 2.28. The van der Waals surface area contributed by atoms with Gasteiger partial charge in [0, 0.05) is 20.9 Å². The Labute approximate surface area is 88.5 Å². The number of nitrogens with zero attached hydrogens (tertiary/aromatic N) is 1. The summed E-state index contributed by atoms with van der Waals surface area (Å²) < 4.78 is 1.63. The van der Waals surface area contributed by atoms with E-state index < -0.39 is 0 Å². The van der Waals surface area contributed by atoms with E-state index in [9.17, 15) is 5.21 Å². The molecule has 0 spiro atoms. The molecule has 1 aromatic heterocycles. The summed E-state index contributed by atoms with van der Waals surface area (Å²) in [4.78, 5) is 0. The van der Waals surface area contributed by atoms with E-state index in [0.717, 1.165) is 20.0 Å². The molecule has 0 aliphatic heterocycles. The third kappa shape index (κ3) is 1.49. The number of hydrogen-bond acceptors (Lipinski definition) is 1. The minimum atomic E-state index is 0.652. The molecule has 2 aromatic rings. The Morgan fingerprint density at radius 1 is 1.23 bits per heavy atom. The van der Waals surface area contributed by atoms with Crippen molar-refractivity contribution in [1.82, 2.24) is 0 Å². The molecule has 13 heavy (non-hydrogen) atoms. The number of halogens is 2. The highest BCUT2D eigenvalue weighted by molar-refractivity contribution is 9.10. The minimum absolute atomic E-state index is 0.652. The van der Waals surface area contributed by atoms with Crippen LogP contribution in [0.15, 0.2) is 35.1 Å². The van der Waals surface area contributed by atoms with Gasteiger partial charge < -0.3 is 5.21 Å². The summed E-state index contributed by atoms with van der Waals surface area (Å²) in [6.07, 6.45) is 2.92. The van der Waals surface area contributed by atoms with E-state index >= 15 is 0 Å². The highest BCUT2D eigenvalue weighted by Gasteiger charge is 2.05. The van der Waals surface area contributed by atoms with Crippen molar-refractivity contribution in [2.24, 2.45) is 0 Å². The maximum Gasteiger partial charge on any atom is 0.189 e. The number of hydrogen-bond donors (Lipinski definition) is 0. The predicted molar refractivity (Wildman–Crippen MR) is 55.6 cm³/mol. The topological polar surface area (TPSA) is 26.9 Å². The Balaban J connectivity index is 2.92. The first kappa shape index (κ1) is 8.78. The SMILES string of the molecule is [O-][n+]1ccc2c(Cl)ccc(Br)c2c1. The first-order valence-corrected chi connectivity index (χ1v) is 4.82.